The van der Waals surface area contributed by atoms with E-state index in [1.807, 2.05) is 6.07 Å². The molecule has 0 aliphatic heterocycles. The SMILES string of the molecule is Cc1ccc(C(C)(N)Cc2ccccc2)cc1.O=C(O)/C=C\C(=O)O. The second-order valence-corrected chi connectivity index (χ2v) is 5.96. The van der Waals surface area contributed by atoms with E-state index in [-0.39, 0.29) is 5.54 Å². The zero-order chi connectivity index (χ0) is 18.9. The maximum absolute atomic E-state index is 9.55. The summed E-state index contributed by atoms with van der Waals surface area (Å²) in [7, 11) is 0. The van der Waals surface area contributed by atoms with Crippen LogP contribution in [0.3, 0.4) is 0 Å². The van der Waals surface area contributed by atoms with E-state index in [1.165, 1.54) is 16.7 Å². The second-order valence-electron chi connectivity index (χ2n) is 5.96. The molecule has 0 spiro atoms. The van der Waals surface area contributed by atoms with E-state index in [4.69, 9.17) is 15.9 Å². The number of carboxylic acids is 2. The van der Waals surface area contributed by atoms with Crippen LogP contribution in [0.25, 0.3) is 0 Å². The summed E-state index contributed by atoms with van der Waals surface area (Å²) in [6.07, 6.45) is 1.97. The molecule has 0 aliphatic rings. The molecule has 5 nitrogen and oxygen atoms in total. The highest BCUT2D eigenvalue weighted by atomic mass is 16.4. The number of aliphatic carboxylic acids is 2. The lowest BCUT2D eigenvalue weighted by atomic mass is 9.86. The molecule has 132 valence electrons. The fourth-order valence-corrected chi connectivity index (χ4v) is 2.20. The molecule has 0 amide bonds. The maximum Gasteiger partial charge on any atom is 0.328 e. The van der Waals surface area contributed by atoms with Gasteiger partial charge in [-0.3, -0.25) is 0 Å². The van der Waals surface area contributed by atoms with E-state index in [9.17, 15) is 9.59 Å². The molecule has 0 saturated heterocycles. The number of carbonyl (C=O) groups is 2. The molecule has 0 aliphatic carbocycles. The number of hydrogen-bond acceptors (Lipinski definition) is 3. The molecular weight excluding hydrogens is 318 g/mol. The molecule has 0 aromatic heterocycles. The van der Waals surface area contributed by atoms with Crippen LogP contribution in [-0.2, 0) is 21.5 Å². The van der Waals surface area contributed by atoms with Gasteiger partial charge in [-0.15, -0.1) is 0 Å². The van der Waals surface area contributed by atoms with Crippen LogP contribution in [0.4, 0.5) is 0 Å². The highest BCUT2D eigenvalue weighted by Gasteiger charge is 2.21. The molecule has 2 aromatic carbocycles. The van der Waals surface area contributed by atoms with Crippen LogP contribution in [0.1, 0.15) is 23.6 Å². The van der Waals surface area contributed by atoms with Crippen LogP contribution in [0.2, 0.25) is 0 Å². The Balaban J connectivity index is 0.000000333. The minimum atomic E-state index is -1.26. The van der Waals surface area contributed by atoms with Crippen molar-refractivity contribution in [2.75, 3.05) is 0 Å². The van der Waals surface area contributed by atoms with E-state index in [2.05, 4.69) is 62.4 Å². The second kappa shape index (κ2) is 9.39. The molecule has 0 fully saturated rings. The number of carboxylic acid groups (broad SMARTS) is 2. The average molecular weight is 341 g/mol. The van der Waals surface area contributed by atoms with Crippen LogP contribution in [0.5, 0.6) is 0 Å². The Morgan fingerprint density at radius 1 is 0.960 bits per heavy atom. The minimum absolute atomic E-state index is 0.310. The summed E-state index contributed by atoms with van der Waals surface area (Å²) in [6.45, 7) is 4.18. The first-order valence-electron chi connectivity index (χ1n) is 7.74. The van der Waals surface area contributed by atoms with Gasteiger partial charge >= 0.3 is 11.9 Å². The number of hydrogen-bond donors (Lipinski definition) is 3. The van der Waals surface area contributed by atoms with Gasteiger partial charge in [0.2, 0.25) is 0 Å². The Labute approximate surface area is 147 Å². The van der Waals surface area contributed by atoms with Gasteiger partial charge in [-0.2, -0.15) is 0 Å². The lowest BCUT2D eigenvalue weighted by Gasteiger charge is -2.25. The molecule has 0 radical (unpaired) electrons. The van der Waals surface area contributed by atoms with Gasteiger partial charge in [0.05, 0.1) is 0 Å². The van der Waals surface area contributed by atoms with E-state index >= 15 is 0 Å². The molecule has 0 heterocycles. The smallest absolute Gasteiger partial charge is 0.328 e. The third kappa shape index (κ3) is 7.94. The summed E-state index contributed by atoms with van der Waals surface area (Å²) in [5, 5.41) is 15.6. The Morgan fingerprint density at radius 3 is 1.88 bits per heavy atom. The van der Waals surface area contributed by atoms with Crippen LogP contribution < -0.4 is 5.73 Å². The van der Waals surface area contributed by atoms with E-state index < -0.39 is 11.9 Å². The topological polar surface area (TPSA) is 101 Å². The highest BCUT2D eigenvalue weighted by molar-refractivity contribution is 5.89. The van der Waals surface area contributed by atoms with Gasteiger partial charge < -0.3 is 15.9 Å². The van der Waals surface area contributed by atoms with Gasteiger partial charge in [-0.05, 0) is 31.4 Å². The van der Waals surface area contributed by atoms with E-state index in [0.717, 1.165) is 6.42 Å². The molecule has 0 bridgehead atoms. The van der Waals surface area contributed by atoms with Crippen LogP contribution in [0, 0.1) is 6.92 Å². The summed E-state index contributed by atoms with van der Waals surface area (Å²) in [4.78, 5) is 19.1. The van der Waals surface area contributed by atoms with Crippen molar-refractivity contribution in [1.82, 2.24) is 0 Å². The highest BCUT2D eigenvalue weighted by Crippen LogP contribution is 2.22. The zero-order valence-electron chi connectivity index (χ0n) is 14.3. The molecule has 0 saturated carbocycles. The predicted octanol–water partition coefficient (Wildman–Crippen LogP) is 3.12. The first kappa shape index (κ1) is 20.1. The third-order valence-corrected chi connectivity index (χ3v) is 3.49. The Bertz CT molecular complexity index is 703. The first-order chi connectivity index (χ1) is 11.7. The Kier molecular flexibility index (Phi) is 7.56. The lowest BCUT2D eigenvalue weighted by molar-refractivity contribution is -0.134. The molecule has 4 N–H and O–H groups in total. The molecule has 2 aromatic rings. The summed E-state index contributed by atoms with van der Waals surface area (Å²) in [5.74, 6) is -2.51. The average Bonchev–Trinajstić information content (AvgIpc) is 2.54. The summed E-state index contributed by atoms with van der Waals surface area (Å²) < 4.78 is 0. The fourth-order valence-electron chi connectivity index (χ4n) is 2.20. The van der Waals surface area contributed by atoms with Crippen molar-refractivity contribution in [2.24, 2.45) is 5.73 Å². The van der Waals surface area contributed by atoms with Crippen LogP contribution in [0.15, 0.2) is 66.7 Å². The lowest BCUT2D eigenvalue weighted by Crippen LogP contribution is -2.35. The largest absolute Gasteiger partial charge is 0.478 e. The quantitative estimate of drug-likeness (QED) is 0.725. The molecule has 1 atom stereocenters. The maximum atomic E-state index is 9.55. The fraction of sp³-hybridized carbons (Fsp3) is 0.200. The molecule has 2 rings (SSSR count). The summed E-state index contributed by atoms with van der Waals surface area (Å²) >= 11 is 0. The number of aryl methyl sites for hydroxylation is 1. The molecular formula is C20H23NO4. The standard InChI is InChI=1S/C16H19N.C4H4O4/c1-13-8-10-15(11-9-13)16(2,17)12-14-6-4-3-5-7-14;5-3(6)1-2-4(7)8/h3-11H,12,17H2,1-2H3;1-2H,(H,5,6)(H,7,8)/b;2-1-. The van der Waals surface area contributed by atoms with Gasteiger partial charge in [-0.1, -0.05) is 60.2 Å². The zero-order valence-corrected chi connectivity index (χ0v) is 14.3. The summed E-state index contributed by atoms with van der Waals surface area (Å²) in [5.41, 5.74) is 9.84. The van der Waals surface area contributed by atoms with Crippen LogP contribution >= 0.6 is 0 Å². The van der Waals surface area contributed by atoms with Gasteiger partial charge in [-0.25, -0.2) is 9.59 Å². The number of benzene rings is 2. The van der Waals surface area contributed by atoms with Crippen molar-refractivity contribution in [2.45, 2.75) is 25.8 Å². The Hall–Kier alpha value is -2.92. The van der Waals surface area contributed by atoms with Gasteiger partial charge in [0.25, 0.3) is 0 Å². The van der Waals surface area contributed by atoms with E-state index in [0.29, 0.717) is 12.2 Å². The molecule has 25 heavy (non-hydrogen) atoms. The molecule has 5 heteroatoms. The summed E-state index contributed by atoms with van der Waals surface area (Å²) in [6, 6.07) is 18.9. The van der Waals surface area contributed by atoms with Crippen LogP contribution in [-0.4, -0.2) is 22.2 Å². The van der Waals surface area contributed by atoms with Crippen molar-refractivity contribution < 1.29 is 19.8 Å². The van der Waals surface area contributed by atoms with Gasteiger partial charge in [0.1, 0.15) is 0 Å². The first-order valence-corrected chi connectivity index (χ1v) is 7.74. The van der Waals surface area contributed by atoms with E-state index in [1.54, 1.807) is 0 Å². The minimum Gasteiger partial charge on any atom is -0.478 e. The van der Waals surface area contributed by atoms with Crippen molar-refractivity contribution in [3.63, 3.8) is 0 Å². The predicted molar refractivity (Wildman–Crippen MR) is 97.3 cm³/mol. The number of rotatable bonds is 5. The van der Waals surface area contributed by atoms with Gasteiger partial charge in [0.15, 0.2) is 0 Å². The van der Waals surface area contributed by atoms with Crippen molar-refractivity contribution in [1.29, 1.82) is 0 Å². The molecule has 1 unspecified atom stereocenters. The van der Waals surface area contributed by atoms with Crippen molar-refractivity contribution in [3.05, 3.63) is 83.4 Å². The van der Waals surface area contributed by atoms with Crippen molar-refractivity contribution >= 4 is 11.9 Å². The Morgan fingerprint density at radius 2 is 1.44 bits per heavy atom. The number of nitrogens with two attached hydrogens (primary N) is 1. The normalized spacial score (nSPS) is 12.8. The van der Waals surface area contributed by atoms with Gasteiger partial charge in [0, 0.05) is 17.7 Å². The third-order valence-electron chi connectivity index (χ3n) is 3.49. The van der Waals surface area contributed by atoms with Crippen molar-refractivity contribution in [3.8, 4) is 0 Å². The monoisotopic (exact) mass is 341 g/mol.